The lowest BCUT2D eigenvalue weighted by molar-refractivity contribution is 0.148. The lowest BCUT2D eigenvalue weighted by Gasteiger charge is -2.34. The summed E-state index contributed by atoms with van der Waals surface area (Å²) in [4.78, 5) is 2.70. The number of piperidine rings is 1. The summed E-state index contributed by atoms with van der Waals surface area (Å²) in [5.41, 5.74) is 0. The predicted octanol–water partition coefficient (Wildman–Crippen LogP) is 1.20. The summed E-state index contributed by atoms with van der Waals surface area (Å²) in [6, 6.07) is 0.823. The highest BCUT2D eigenvalue weighted by Crippen LogP contribution is 2.19. The number of hydrogen-bond donors (Lipinski definition) is 1. The summed E-state index contributed by atoms with van der Waals surface area (Å²) in [5.74, 6) is 5.84. The van der Waals surface area contributed by atoms with Gasteiger partial charge in [-0.2, -0.15) is 0 Å². The zero-order valence-electron chi connectivity index (χ0n) is 9.12. The number of hydrazine groups is 1. The fourth-order valence-electron chi connectivity index (χ4n) is 2.75. The molecule has 0 aromatic heterocycles. The second-order valence-electron chi connectivity index (χ2n) is 4.72. The summed E-state index contributed by atoms with van der Waals surface area (Å²) in [7, 11) is 0. The molecule has 2 saturated heterocycles. The Hall–Kier alpha value is -0.120. The maximum absolute atomic E-state index is 5.84. The van der Waals surface area contributed by atoms with Crippen LogP contribution in [0.25, 0.3) is 0 Å². The van der Waals surface area contributed by atoms with Crippen molar-refractivity contribution in [2.45, 2.75) is 44.6 Å². The Morgan fingerprint density at radius 3 is 2.36 bits per heavy atom. The highest BCUT2D eigenvalue weighted by molar-refractivity contribution is 4.78. The molecule has 2 N–H and O–H groups in total. The molecule has 3 heteroatoms. The Balaban J connectivity index is 1.83. The van der Waals surface area contributed by atoms with Crippen molar-refractivity contribution < 1.29 is 0 Å². The van der Waals surface area contributed by atoms with Crippen LogP contribution in [-0.4, -0.2) is 42.1 Å². The first-order chi connectivity index (χ1) is 6.86. The van der Waals surface area contributed by atoms with Gasteiger partial charge in [-0.15, -0.1) is 0 Å². The predicted molar refractivity (Wildman–Crippen MR) is 58.8 cm³/mol. The molecule has 0 aromatic carbocycles. The number of nitrogens with two attached hydrogens (primary N) is 1. The van der Waals surface area contributed by atoms with Gasteiger partial charge in [0.2, 0.25) is 0 Å². The first-order valence-electron chi connectivity index (χ1n) is 6.10. The lowest BCUT2D eigenvalue weighted by atomic mass is 10.0. The summed E-state index contributed by atoms with van der Waals surface area (Å²) >= 11 is 0. The van der Waals surface area contributed by atoms with E-state index in [1.807, 2.05) is 5.01 Å². The van der Waals surface area contributed by atoms with Crippen LogP contribution >= 0.6 is 0 Å². The van der Waals surface area contributed by atoms with E-state index in [1.54, 1.807) is 0 Å². The van der Waals surface area contributed by atoms with Crippen LogP contribution in [0.3, 0.4) is 0 Å². The van der Waals surface area contributed by atoms with Gasteiger partial charge < -0.3 is 4.90 Å². The molecule has 0 spiro atoms. The normalized spacial score (nSPS) is 32.8. The van der Waals surface area contributed by atoms with Crippen molar-refractivity contribution in [1.29, 1.82) is 0 Å². The minimum Gasteiger partial charge on any atom is -0.300 e. The minimum absolute atomic E-state index is 0.823. The first-order valence-corrected chi connectivity index (χ1v) is 6.10. The summed E-state index contributed by atoms with van der Waals surface area (Å²) < 4.78 is 0. The summed E-state index contributed by atoms with van der Waals surface area (Å²) in [6.45, 7) is 4.83. The van der Waals surface area contributed by atoms with Crippen molar-refractivity contribution in [3.05, 3.63) is 0 Å². The van der Waals surface area contributed by atoms with Gasteiger partial charge in [-0.05, 0) is 45.2 Å². The van der Waals surface area contributed by atoms with Crippen molar-refractivity contribution in [2.24, 2.45) is 5.84 Å². The van der Waals surface area contributed by atoms with Crippen molar-refractivity contribution >= 4 is 0 Å². The fraction of sp³-hybridized carbons (Fsp3) is 1.00. The van der Waals surface area contributed by atoms with Crippen molar-refractivity contribution in [3.8, 4) is 0 Å². The Labute approximate surface area is 87.2 Å². The molecule has 2 aliphatic heterocycles. The number of rotatable bonds is 1. The van der Waals surface area contributed by atoms with Crippen LogP contribution in [0, 0.1) is 0 Å². The van der Waals surface area contributed by atoms with Gasteiger partial charge in [0.05, 0.1) is 0 Å². The SMILES string of the molecule is NN1CCCC(N2CCCCC2)CC1. The molecule has 2 heterocycles. The quantitative estimate of drug-likeness (QED) is 0.641. The lowest BCUT2D eigenvalue weighted by Crippen LogP contribution is -2.40. The average Bonchev–Trinajstić information content (AvgIpc) is 2.44. The van der Waals surface area contributed by atoms with Crippen LogP contribution in [0.15, 0.2) is 0 Å². The van der Waals surface area contributed by atoms with E-state index >= 15 is 0 Å². The molecule has 0 saturated carbocycles. The van der Waals surface area contributed by atoms with Crippen LogP contribution in [0.1, 0.15) is 38.5 Å². The third-order valence-electron chi connectivity index (χ3n) is 3.64. The Kier molecular flexibility index (Phi) is 3.79. The molecule has 2 fully saturated rings. The number of likely N-dealkylation sites (tertiary alicyclic amines) is 1. The van der Waals surface area contributed by atoms with E-state index in [0.717, 1.165) is 19.1 Å². The van der Waals surface area contributed by atoms with E-state index in [9.17, 15) is 0 Å². The molecule has 2 aliphatic rings. The van der Waals surface area contributed by atoms with Gasteiger partial charge in [0.15, 0.2) is 0 Å². The highest BCUT2D eigenvalue weighted by Gasteiger charge is 2.22. The molecule has 1 unspecified atom stereocenters. The zero-order chi connectivity index (χ0) is 9.80. The molecule has 0 aliphatic carbocycles. The third kappa shape index (κ3) is 2.69. The molecule has 14 heavy (non-hydrogen) atoms. The number of hydrogen-bond acceptors (Lipinski definition) is 3. The minimum atomic E-state index is 0.823. The summed E-state index contributed by atoms with van der Waals surface area (Å²) in [5, 5.41) is 1.99. The van der Waals surface area contributed by atoms with Gasteiger partial charge in [0, 0.05) is 19.1 Å². The molecule has 0 aromatic rings. The van der Waals surface area contributed by atoms with Crippen molar-refractivity contribution in [3.63, 3.8) is 0 Å². The van der Waals surface area contributed by atoms with E-state index in [0.29, 0.717) is 0 Å². The van der Waals surface area contributed by atoms with Gasteiger partial charge in [0.25, 0.3) is 0 Å². The Morgan fingerprint density at radius 1 is 0.786 bits per heavy atom. The van der Waals surface area contributed by atoms with Gasteiger partial charge in [-0.3, -0.25) is 5.84 Å². The zero-order valence-corrected chi connectivity index (χ0v) is 9.12. The topological polar surface area (TPSA) is 32.5 Å². The van der Waals surface area contributed by atoms with Gasteiger partial charge in [-0.1, -0.05) is 6.42 Å². The van der Waals surface area contributed by atoms with E-state index in [1.165, 1.54) is 51.6 Å². The van der Waals surface area contributed by atoms with Gasteiger partial charge in [0.1, 0.15) is 0 Å². The second kappa shape index (κ2) is 5.10. The molecule has 0 radical (unpaired) electrons. The smallest absolute Gasteiger partial charge is 0.0143 e. The second-order valence-corrected chi connectivity index (χ2v) is 4.72. The van der Waals surface area contributed by atoms with Gasteiger partial charge in [-0.25, -0.2) is 5.01 Å². The van der Waals surface area contributed by atoms with E-state index in [2.05, 4.69) is 4.90 Å². The first kappa shape index (κ1) is 10.4. The molecule has 82 valence electrons. The van der Waals surface area contributed by atoms with Crippen LogP contribution in [0.5, 0.6) is 0 Å². The number of nitrogens with zero attached hydrogens (tertiary/aromatic N) is 2. The van der Waals surface area contributed by atoms with Crippen molar-refractivity contribution in [2.75, 3.05) is 26.2 Å². The molecule has 3 nitrogen and oxygen atoms in total. The van der Waals surface area contributed by atoms with Crippen LogP contribution in [0.4, 0.5) is 0 Å². The van der Waals surface area contributed by atoms with Crippen LogP contribution in [0.2, 0.25) is 0 Å². The molecule has 0 amide bonds. The molecule has 0 bridgehead atoms. The Bertz CT molecular complexity index is 166. The molecular formula is C11H23N3. The monoisotopic (exact) mass is 197 g/mol. The molecule has 1 atom stereocenters. The maximum Gasteiger partial charge on any atom is 0.0143 e. The molecular weight excluding hydrogens is 174 g/mol. The molecule has 2 rings (SSSR count). The maximum atomic E-state index is 5.84. The fourth-order valence-corrected chi connectivity index (χ4v) is 2.75. The Morgan fingerprint density at radius 2 is 1.57 bits per heavy atom. The van der Waals surface area contributed by atoms with E-state index < -0.39 is 0 Å². The largest absolute Gasteiger partial charge is 0.300 e. The average molecular weight is 197 g/mol. The summed E-state index contributed by atoms with van der Waals surface area (Å²) in [6.07, 6.45) is 8.15. The van der Waals surface area contributed by atoms with Crippen LogP contribution < -0.4 is 5.84 Å². The van der Waals surface area contributed by atoms with Crippen LogP contribution in [-0.2, 0) is 0 Å². The standard InChI is InChI=1S/C11H23N3/c12-14-9-4-5-11(6-10-14)13-7-2-1-3-8-13/h11H,1-10,12H2. The van der Waals surface area contributed by atoms with Crippen molar-refractivity contribution in [1.82, 2.24) is 9.91 Å². The van der Waals surface area contributed by atoms with E-state index in [4.69, 9.17) is 5.84 Å². The van der Waals surface area contributed by atoms with Gasteiger partial charge >= 0.3 is 0 Å². The highest BCUT2D eigenvalue weighted by atomic mass is 15.4. The third-order valence-corrected chi connectivity index (χ3v) is 3.64. The van der Waals surface area contributed by atoms with E-state index in [-0.39, 0.29) is 0 Å².